The van der Waals surface area contributed by atoms with Gasteiger partial charge in [0.05, 0.1) is 5.02 Å². The van der Waals surface area contributed by atoms with Gasteiger partial charge in [0, 0.05) is 22.3 Å². The third kappa shape index (κ3) is 4.50. The Balaban J connectivity index is 1.83. The van der Waals surface area contributed by atoms with Crippen molar-refractivity contribution in [2.75, 3.05) is 4.72 Å². The van der Waals surface area contributed by atoms with Crippen molar-refractivity contribution < 1.29 is 13.2 Å². The summed E-state index contributed by atoms with van der Waals surface area (Å²) in [6.07, 6.45) is 2.21. The van der Waals surface area contributed by atoms with E-state index in [4.69, 9.17) is 23.2 Å². The summed E-state index contributed by atoms with van der Waals surface area (Å²) in [4.78, 5) is 12.2. The van der Waals surface area contributed by atoms with E-state index >= 15 is 0 Å². The Morgan fingerprint density at radius 2 is 1.77 bits per heavy atom. The lowest BCUT2D eigenvalue weighted by Crippen LogP contribution is -2.34. The third-order valence-corrected chi connectivity index (χ3v) is 6.38. The van der Waals surface area contributed by atoms with Gasteiger partial charge in [-0.25, -0.2) is 8.42 Å². The Bertz CT molecular complexity index is 926. The standard InChI is InChI=1S/C18H18Cl2N2O3S/c1-11(12-2-3-12)21-18(23)13-4-9-16(20)17(10-13)26(24,25)22-15-7-5-14(19)6-8-15/h4-12,22H,2-3H2,1H3,(H,21,23). The number of hydrogen-bond acceptors (Lipinski definition) is 3. The summed E-state index contributed by atoms with van der Waals surface area (Å²) in [6.45, 7) is 1.95. The van der Waals surface area contributed by atoms with E-state index < -0.39 is 10.0 Å². The number of carbonyl (C=O) groups is 1. The molecule has 1 amide bonds. The van der Waals surface area contributed by atoms with Crippen LogP contribution in [-0.4, -0.2) is 20.4 Å². The quantitative estimate of drug-likeness (QED) is 0.741. The number of rotatable bonds is 6. The highest BCUT2D eigenvalue weighted by atomic mass is 35.5. The first-order chi connectivity index (χ1) is 12.3. The van der Waals surface area contributed by atoms with Gasteiger partial charge in [-0.15, -0.1) is 0 Å². The predicted octanol–water partition coefficient (Wildman–Crippen LogP) is 4.32. The van der Waals surface area contributed by atoms with Crippen LogP contribution in [-0.2, 0) is 10.0 Å². The Kier molecular flexibility index (Phi) is 5.46. The maximum atomic E-state index is 12.7. The van der Waals surface area contributed by atoms with E-state index in [1.54, 1.807) is 24.3 Å². The Hall–Kier alpha value is -1.76. The molecule has 26 heavy (non-hydrogen) atoms. The van der Waals surface area contributed by atoms with Crippen LogP contribution in [0.3, 0.4) is 0 Å². The minimum Gasteiger partial charge on any atom is -0.349 e. The number of sulfonamides is 1. The predicted molar refractivity (Wildman–Crippen MR) is 103 cm³/mol. The maximum Gasteiger partial charge on any atom is 0.263 e. The molecule has 1 aliphatic carbocycles. The Morgan fingerprint density at radius 1 is 1.12 bits per heavy atom. The Labute approximate surface area is 162 Å². The molecule has 0 spiro atoms. The van der Waals surface area contributed by atoms with E-state index in [0.717, 1.165) is 12.8 Å². The molecule has 2 aromatic rings. The first kappa shape index (κ1) is 19.0. The van der Waals surface area contributed by atoms with E-state index in [1.807, 2.05) is 6.92 Å². The van der Waals surface area contributed by atoms with Crippen LogP contribution in [0.5, 0.6) is 0 Å². The smallest absolute Gasteiger partial charge is 0.263 e. The van der Waals surface area contributed by atoms with Crippen LogP contribution >= 0.6 is 23.2 Å². The van der Waals surface area contributed by atoms with Crippen molar-refractivity contribution >= 4 is 44.8 Å². The molecular weight excluding hydrogens is 395 g/mol. The first-order valence-electron chi connectivity index (χ1n) is 8.15. The van der Waals surface area contributed by atoms with Crippen molar-refractivity contribution in [3.05, 3.63) is 58.1 Å². The third-order valence-electron chi connectivity index (χ3n) is 4.27. The van der Waals surface area contributed by atoms with E-state index in [2.05, 4.69) is 10.0 Å². The summed E-state index contributed by atoms with van der Waals surface area (Å²) in [7, 11) is -3.95. The van der Waals surface area contributed by atoms with Crippen molar-refractivity contribution in [3.8, 4) is 0 Å². The monoisotopic (exact) mass is 412 g/mol. The topological polar surface area (TPSA) is 75.3 Å². The maximum absolute atomic E-state index is 12.7. The average Bonchev–Trinajstić information content (AvgIpc) is 3.42. The van der Waals surface area contributed by atoms with Crippen LogP contribution in [0, 0.1) is 5.92 Å². The van der Waals surface area contributed by atoms with Crippen molar-refractivity contribution in [1.29, 1.82) is 0 Å². The molecule has 2 aromatic carbocycles. The summed E-state index contributed by atoms with van der Waals surface area (Å²) in [5, 5.41) is 3.44. The van der Waals surface area contributed by atoms with Crippen molar-refractivity contribution in [2.45, 2.75) is 30.7 Å². The van der Waals surface area contributed by atoms with Gasteiger partial charge in [-0.2, -0.15) is 0 Å². The highest BCUT2D eigenvalue weighted by Crippen LogP contribution is 2.32. The molecule has 0 aromatic heterocycles. The van der Waals surface area contributed by atoms with Gasteiger partial charge in [0.25, 0.3) is 15.9 Å². The van der Waals surface area contributed by atoms with Gasteiger partial charge in [0.2, 0.25) is 0 Å². The molecule has 0 saturated heterocycles. The number of carbonyl (C=O) groups excluding carboxylic acids is 1. The van der Waals surface area contributed by atoms with Crippen LogP contribution in [0.25, 0.3) is 0 Å². The van der Waals surface area contributed by atoms with Crippen LogP contribution in [0.2, 0.25) is 10.0 Å². The summed E-state index contributed by atoms with van der Waals surface area (Å²) in [5.41, 5.74) is 0.598. The Morgan fingerprint density at radius 3 is 2.38 bits per heavy atom. The molecule has 1 saturated carbocycles. The number of hydrogen-bond donors (Lipinski definition) is 2. The molecule has 1 atom stereocenters. The molecule has 0 radical (unpaired) electrons. The fourth-order valence-electron chi connectivity index (χ4n) is 2.58. The van der Waals surface area contributed by atoms with Crippen LogP contribution in [0.1, 0.15) is 30.1 Å². The second-order valence-corrected chi connectivity index (χ2v) is 8.85. The summed E-state index contributed by atoms with van der Waals surface area (Å²) in [6, 6.07) is 10.5. The molecular formula is C18H18Cl2N2O3S. The van der Waals surface area contributed by atoms with Gasteiger partial charge >= 0.3 is 0 Å². The fourth-order valence-corrected chi connectivity index (χ4v) is 4.29. The SMILES string of the molecule is CC(NC(=O)c1ccc(Cl)c(S(=O)(=O)Nc2ccc(Cl)cc2)c1)C1CC1. The van der Waals surface area contributed by atoms with Crippen molar-refractivity contribution in [3.63, 3.8) is 0 Å². The fraction of sp³-hybridized carbons (Fsp3) is 0.278. The highest BCUT2D eigenvalue weighted by Gasteiger charge is 2.29. The number of benzene rings is 2. The lowest BCUT2D eigenvalue weighted by molar-refractivity contribution is 0.0935. The van der Waals surface area contributed by atoms with Gasteiger partial charge < -0.3 is 5.32 Å². The summed E-state index contributed by atoms with van der Waals surface area (Å²) < 4.78 is 27.8. The van der Waals surface area contributed by atoms with E-state index in [-0.39, 0.29) is 27.4 Å². The molecule has 8 heteroatoms. The largest absolute Gasteiger partial charge is 0.349 e. The lowest BCUT2D eigenvalue weighted by Gasteiger charge is -2.14. The highest BCUT2D eigenvalue weighted by molar-refractivity contribution is 7.92. The zero-order chi connectivity index (χ0) is 18.9. The van der Waals surface area contributed by atoms with Gasteiger partial charge in [-0.1, -0.05) is 23.2 Å². The molecule has 1 aliphatic rings. The van der Waals surface area contributed by atoms with Crippen LogP contribution in [0.4, 0.5) is 5.69 Å². The molecule has 5 nitrogen and oxygen atoms in total. The van der Waals surface area contributed by atoms with Crippen LogP contribution < -0.4 is 10.0 Å². The number of amides is 1. The van der Waals surface area contributed by atoms with E-state index in [0.29, 0.717) is 16.6 Å². The number of nitrogens with one attached hydrogen (secondary N) is 2. The molecule has 138 valence electrons. The zero-order valence-corrected chi connectivity index (χ0v) is 16.3. The average molecular weight is 413 g/mol. The second-order valence-electron chi connectivity index (χ2n) is 6.36. The van der Waals surface area contributed by atoms with Crippen molar-refractivity contribution in [2.24, 2.45) is 5.92 Å². The summed E-state index contributed by atoms with van der Waals surface area (Å²) in [5.74, 6) is 0.185. The molecule has 0 aliphatic heterocycles. The molecule has 1 fully saturated rings. The van der Waals surface area contributed by atoms with Gasteiger partial charge in [0.15, 0.2) is 0 Å². The zero-order valence-electron chi connectivity index (χ0n) is 14.0. The molecule has 3 rings (SSSR count). The molecule has 0 heterocycles. The first-order valence-corrected chi connectivity index (χ1v) is 10.4. The minimum atomic E-state index is -3.95. The molecule has 2 N–H and O–H groups in total. The molecule has 1 unspecified atom stereocenters. The van der Waals surface area contributed by atoms with Gasteiger partial charge in [-0.3, -0.25) is 9.52 Å². The van der Waals surface area contributed by atoms with E-state index in [1.165, 1.54) is 18.2 Å². The summed E-state index contributed by atoms with van der Waals surface area (Å²) >= 11 is 11.9. The lowest BCUT2D eigenvalue weighted by atomic mass is 10.1. The molecule has 0 bridgehead atoms. The normalized spacial score (nSPS) is 15.3. The van der Waals surface area contributed by atoms with Gasteiger partial charge in [-0.05, 0) is 68.1 Å². The number of anilines is 1. The van der Waals surface area contributed by atoms with Crippen molar-refractivity contribution in [1.82, 2.24) is 5.32 Å². The van der Waals surface area contributed by atoms with Gasteiger partial charge in [0.1, 0.15) is 4.90 Å². The minimum absolute atomic E-state index is 0.0401. The number of halogens is 2. The van der Waals surface area contributed by atoms with E-state index in [9.17, 15) is 13.2 Å². The van der Waals surface area contributed by atoms with Crippen LogP contribution in [0.15, 0.2) is 47.4 Å². The second kappa shape index (κ2) is 7.47.